The molecule has 2 aromatic carbocycles. The summed E-state index contributed by atoms with van der Waals surface area (Å²) in [6, 6.07) is 6.97. The number of benzene rings is 2. The van der Waals surface area contributed by atoms with Gasteiger partial charge in [0.1, 0.15) is 22.0 Å². The van der Waals surface area contributed by atoms with Crippen molar-refractivity contribution in [2.24, 2.45) is 0 Å². The van der Waals surface area contributed by atoms with Gasteiger partial charge < -0.3 is 4.74 Å². The van der Waals surface area contributed by atoms with Crippen molar-refractivity contribution < 1.29 is 26.3 Å². The fourth-order valence-corrected chi connectivity index (χ4v) is 4.49. The van der Waals surface area contributed by atoms with Crippen LogP contribution in [0.25, 0.3) is 0 Å². The van der Waals surface area contributed by atoms with Gasteiger partial charge in [-0.1, -0.05) is 23.5 Å². The van der Waals surface area contributed by atoms with Gasteiger partial charge in [-0.25, -0.2) is 25.9 Å². The van der Waals surface area contributed by atoms with Gasteiger partial charge in [0.05, 0.1) is 13.7 Å². The second-order valence-electron chi connectivity index (χ2n) is 5.28. The third-order valence-electron chi connectivity index (χ3n) is 3.59. The summed E-state index contributed by atoms with van der Waals surface area (Å²) < 4.78 is 72.6. The van der Waals surface area contributed by atoms with E-state index in [4.69, 9.17) is 4.74 Å². The van der Waals surface area contributed by atoms with Crippen LogP contribution in [-0.2, 0) is 16.6 Å². The first-order valence-corrected chi connectivity index (χ1v) is 9.71. The first kappa shape index (κ1) is 19.1. The topological polar surface area (TPSA) is 72.4 Å². The summed E-state index contributed by atoms with van der Waals surface area (Å²) in [6.45, 7) is -0.222. The van der Waals surface area contributed by atoms with Crippen LogP contribution in [0.1, 0.15) is 5.56 Å². The number of ether oxygens (including phenoxy) is 1. The van der Waals surface area contributed by atoms with Gasteiger partial charge in [-0.15, -0.1) is 10.2 Å². The van der Waals surface area contributed by atoms with Gasteiger partial charge in [0, 0.05) is 12.1 Å². The summed E-state index contributed by atoms with van der Waals surface area (Å²) in [4.78, 5) is -0.995. The molecule has 0 bridgehead atoms. The molecule has 0 aliphatic carbocycles. The van der Waals surface area contributed by atoms with E-state index in [1.807, 2.05) is 0 Å². The number of hydrogen-bond donors (Lipinski definition) is 0. The lowest BCUT2D eigenvalue weighted by Crippen LogP contribution is -2.31. The smallest absolute Gasteiger partial charge is 0.269 e. The highest BCUT2D eigenvalue weighted by atomic mass is 32.2. The highest BCUT2D eigenvalue weighted by Crippen LogP contribution is 2.29. The molecular formula is C16H12F3N3O3S2. The van der Waals surface area contributed by atoms with E-state index in [-0.39, 0.29) is 17.7 Å². The summed E-state index contributed by atoms with van der Waals surface area (Å²) >= 11 is 0.902. The van der Waals surface area contributed by atoms with Crippen LogP contribution in [0.5, 0.6) is 5.75 Å². The minimum atomic E-state index is -4.58. The minimum Gasteiger partial charge on any atom is -0.497 e. The second kappa shape index (κ2) is 7.53. The minimum absolute atomic E-state index is 0.0463. The Morgan fingerprint density at radius 2 is 1.74 bits per heavy atom. The normalized spacial score (nSPS) is 11.4. The van der Waals surface area contributed by atoms with Crippen LogP contribution < -0.4 is 9.04 Å². The molecule has 0 radical (unpaired) electrons. The van der Waals surface area contributed by atoms with Gasteiger partial charge in [-0.05, 0) is 17.7 Å². The fourth-order valence-electron chi connectivity index (χ4n) is 2.25. The third-order valence-corrected chi connectivity index (χ3v) is 6.17. The van der Waals surface area contributed by atoms with Crippen LogP contribution in [0.15, 0.2) is 46.8 Å². The molecule has 1 heterocycles. The number of halogens is 3. The molecule has 27 heavy (non-hydrogen) atoms. The zero-order chi connectivity index (χ0) is 19.6. The van der Waals surface area contributed by atoms with Gasteiger partial charge in [-0.2, -0.15) is 0 Å². The Balaban J connectivity index is 2.06. The largest absolute Gasteiger partial charge is 0.497 e. The molecule has 0 aliphatic rings. The number of rotatable bonds is 6. The molecule has 11 heteroatoms. The summed E-state index contributed by atoms with van der Waals surface area (Å²) in [5.74, 6) is -3.80. The van der Waals surface area contributed by atoms with Crippen LogP contribution in [0.2, 0.25) is 0 Å². The lowest BCUT2D eigenvalue weighted by atomic mass is 10.2. The zero-order valence-electron chi connectivity index (χ0n) is 13.8. The van der Waals surface area contributed by atoms with Crippen LogP contribution in [-0.4, -0.2) is 25.7 Å². The number of anilines is 1. The van der Waals surface area contributed by atoms with Crippen LogP contribution in [0.3, 0.4) is 0 Å². The molecule has 0 fully saturated rings. The van der Waals surface area contributed by atoms with Gasteiger partial charge in [0.15, 0.2) is 11.6 Å². The average molecular weight is 415 g/mol. The standard InChI is InChI=1S/C16H12F3N3O3S2/c1-25-11-4-2-10(3-5-11)8-22(16-21-20-9-26-16)27(23,24)15-7-13(18)12(17)6-14(15)19/h2-7,9H,8H2,1H3. The van der Waals surface area contributed by atoms with Gasteiger partial charge >= 0.3 is 0 Å². The molecule has 0 atom stereocenters. The van der Waals surface area contributed by atoms with Crippen molar-refractivity contribution in [2.45, 2.75) is 11.4 Å². The summed E-state index contributed by atoms with van der Waals surface area (Å²) in [5.41, 5.74) is 1.84. The zero-order valence-corrected chi connectivity index (χ0v) is 15.4. The summed E-state index contributed by atoms with van der Waals surface area (Å²) in [6.07, 6.45) is 0. The van der Waals surface area contributed by atoms with E-state index in [2.05, 4.69) is 10.2 Å². The molecule has 0 unspecified atom stereocenters. The summed E-state index contributed by atoms with van der Waals surface area (Å²) in [7, 11) is -3.09. The number of nitrogens with zero attached hydrogens (tertiary/aromatic N) is 3. The van der Waals surface area contributed by atoms with Crippen LogP contribution in [0.4, 0.5) is 18.3 Å². The van der Waals surface area contributed by atoms with Gasteiger partial charge in [-0.3, -0.25) is 0 Å². The highest BCUT2D eigenvalue weighted by Gasteiger charge is 2.31. The third kappa shape index (κ3) is 3.88. The molecule has 0 aliphatic heterocycles. The first-order chi connectivity index (χ1) is 12.8. The maximum Gasteiger partial charge on any atom is 0.269 e. The Hall–Kier alpha value is -2.66. The Labute approximate surface area is 156 Å². The monoisotopic (exact) mass is 415 g/mol. The molecule has 6 nitrogen and oxygen atoms in total. The maximum atomic E-state index is 14.1. The van der Waals surface area contributed by atoms with Crippen molar-refractivity contribution in [1.82, 2.24) is 10.2 Å². The molecule has 0 N–H and O–H groups in total. The Kier molecular flexibility index (Phi) is 5.33. The van der Waals surface area contributed by atoms with Crippen molar-refractivity contribution in [3.05, 3.63) is 64.9 Å². The van der Waals surface area contributed by atoms with E-state index in [0.717, 1.165) is 15.6 Å². The highest BCUT2D eigenvalue weighted by molar-refractivity contribution is 7.93. The van der Waals surface area contributed by atoms with Gasteiger partial charge in [0.2, 0.25) is 5.13 Å². The molecule has 3 rings (SSSR count). The van der Waals surface area contributed by atoms with E-state index < -0.39 is 32.4 Å². The fraction of sp³-hybridized carbons (Fsp3) is 0.125. The predicted octanol–water partition coefficient (Wildman–Crippen LogP) is 3.36. The number of sulfonamides is 1. The van der Waals surface area contributed by atoms with Crippen LogP contribution >= 0.6 is 11.3 Å². The SMILES string of the molecule is COc1ccc(CN(c2nncs2)S(=O)(=O)c2cc(F)c(F)cc2F)cc1. The number of methoxy groups -OCH3 is 1. The van der Waals surface area contributed by atoms with E-state index in [9.17, 15) is 21.6 Å². The van der Waals surface area contributed by atoms with E-state index in [1.165, 1.54) is 12.6 Å². The average Bonchev–Trinajstić information content (AvgIpc) is 3.17. The predicted molar refractivity (Wildman–Crippen MR) is 92.6 cm³/mol. The van der Waals surface area contributed by atoms with E-state index in [0.29, 0.717) is 17.4 Å². The Bertz CT molecular complexity index is 1040. The van der Waals surface area contributed by atoms with Crippen LogP contribution in [0, 0.1) is 17.5 Å². The quantitative estimate of drug-likeness (QED) is 0.578. The molecule has 142 valence electrons. The molecule has 1 aromatic heterocycles. The molecule has 0 amide bonds. The van der Waals surface area contributed by atoms with Crippen molar-refractivity contribution in [3.8, 4) is 5.75 Å². The van der Waals surface area contributed by atoms with Crippen molar-refractivity contribution in [2.75, 3.05) is 11.4 Å². The Morgan fingerprint density at radius 1 is 1.07 bits per heavy atom. The lowest BCUT2D eigenvalue weighted by molar-refractivity contribution is 0.414. The van der Waals surface area contributed by atoms with Gasteiger partial charge in [0.25, 0.3) is 10.0 Å². The molecule has 0 spiro atoms. The molecule has 0 saturated heterocycles. The van der Waals surface area contributed by atoms with E-state index >= 15 is 0 Å². The van der Waals surface area contributed by atoms with E-state index in [1.54, 1.807) is 24.3 Å². The molecule has 3 aromatic rings. The molecular weight excluding hydrogens is 403 g/mol. The number of hydrogen-bond acceptors (Lipinski definition) is 6. The number of aromatic nitrogens is 2. The van der Waals surface area contributed by atoms with Crippen molar-refractivity contribution >= 4 is 26.5 Å². The maximum absolute atomic E-state index is 14.1. The first-order valence-electron chi connectivity index (χ1n) is 7.39. The second-order valence-corrected chi connectivity index (χ2v) is 7.92. The van der Waals surface area contributed by atoms with Crippen molar-refractivity contribution in [3.63, 3.8) is 0 Å². The van der Waals surface area contributed by atoms with Crippen molar-refractivity contribution in [1.29, 1.82) is 0 Å². The lowest BCUT2D eigenvalue weighted by Gasteiger charge is -2.22. The molecule has 0 saturated carbocycles. The summed E-state index contributed by atoms with van der Waals surface area (Å²) in [5, 5.41) is 7.25. The Morgan fingerprint density at radius 3 is 2.33 bits per heavy atom.